The van der Waals surface area contributed by atoms with E-state index in [1.807, 2.05) is 0 Å². The van der Waals surface area contributed by atoms with Gasteiger partial charge in [0.1, 0.15) is 0 Å². The molecule has 1 aromatic rings. The second kappa shape index (κ2) is 4.50. The summed E-state index contributed by atoms with van der Waals surface area (Å²) in [6.07, 6.45) is 1.70. The number of ketones is 2. The molecule has 0 fully saturated rings. The third-order valence-corrected chi connectivity index (χ3v) is 3.23. The summed E-state index contributed by atoms with van der Waals surface area (Å²) in [7, 11) is 0. The van der Waals surface area contributed by atoms with Crippen LogP contribution in [0.15, 0.2) is 30.3 Å². The van der Waals surface area contributed by atoms with Gasteiger partial charge in [-0.2, -0.15) is 0 Å². The van der Waals surface area contributed by atoms with Gasteiger partial charge in [-0.25, -0.2) is 0 Å². The maximum absolute atomic E-state index is 12.3. The van der Waals surface area contributed by atoms with Crippen LogP contribution in [0.3, 0.4) is 0 Å². The van der Waals surface area contributed by atoms with Crippen LogP contribution in [0.1, 0.15) is 31.4 Å². The number of benzene rings is 1. The first-order chi connectivity index (χ1) is 8.44. The van der Waals surface area contributed by atoms with Crippen molar-refractivity contribution in [3.05, 3.63) is 41.5 Å². The first-order valence-electron chi connectivity index (χ1n) is 5.93. The lowest BCUT2D eigenvalue weighted by Crippen LogP contribution is -2.31. The minimum Gasteiger partial charge on any atom is -0.392 e. The van der Waals surface area contributed by atoms with Crippen molar-refractivity contribution in [1.82, 2.24) is 0 Å². The van der Waals surface area contributed by atoms with Crippen molar-refractivity contribution in [2.24, 2.45) is 5.41 Å². The maximum atomic E-state index is 12.3. The molecular weight excluding hydrogens is 228 g/mol. The molecule has 0 bridgehead atoms. The second-order valence-electron chi connectivity index (χ2n) is 5.27. The Morgan fingerprint density at radius 3 is 2.33 bits per heavy atom. The number of hydrogen-bond acceptors (Lipinski definition) is 3. The topological polar surface area (TPSA) is 54.4 Å². The smallest absolute Gasteiger partial charge is 0.169 e. The molecule has 18 heavy (non-hydrogen) atoms. The fraction of sp³-hybridized carbons (Fsp3) is 0.333. The number of aliphatic hydroxyl groups excluding tert-OH is 1. The van der Waals surface area contributed by atoms with Crippen molar-refractivity contribution in [2.75, 3.05) is 0 Å². The summed E-state index contributed by atoms with van der Waals surface area (Å²) in [6.45, 7) is 3.56. The molecule has 0 heterocycles. The van der Waals surface area contributed by atoms with E-state index in [0.29, 0.717) is 5.57 Å². The highest BCUT2D eigenvalue weighted by Crippen LogP contribution is 2.34. The summed E-state index contributed by atoms with van der Waals surface area (Å²) in [4.78, 5) is 23.9. The molecule has 0 saturated heterocycles. The van der Waals surface area contributed by atoms with Crippen LogP contribution in [-0.2, 0) is 16.2 Å². The predicted molar refractivity (Wildman–Crippen MR) is 68.8 cm³/mol. The van der Waals surface area contributed by atoms with Gasteiger partial charge in [-0.1, -0.05) is 38.1 Å². The monoisotopic (exact) mass is 244 g/mol. The lowest BCUT2D eigenvalue weighted by atomic mass is 9.74. The van der Waals surface area contributed by atoms with Crippen molar-refractivity contribution < 1.29 is 14.7 Å². The largest absolute Gasteiger partial charge is 0.392 e. The van der Waals surface area contributed by atoms with E-state index in [1.54, 1.807) is 38.1 Å². The first kappa shape index (κ1) is 12.7. The zero-order chi connectivity index (χ0) is 13.3. The second-order valence-corrected chi connectivity index (χ2v) is 5.27. The van der Waals surface area contributed by atoms with Gasteiger partial charge in [-0.15, -0.1) is 0 Å². The van der Waals surface area contributed by atoms with Crippen LogP contribution in [0.2, 0.25) is 0 Å². The quantitative estimate of drug-likeness (QED) is 0.867. The van der Waals surface area contributed by atoms with Gasteiger partial charge in [-0.05, 0) is 17.2 Å². The van der Waals surface area contributed by atoms with Gasteiger partial charge < -0.3 is 5.11 Å². The van der Waals surface area contributed by atoms with Crippen molar-refractivity contribution in [3.8, 4) is 0 Å². The normalized spacial score (nSPS) is 18.7. The Hall–Kier alpha value is -1.74. The van der Waals surface area contributed by atoms with E-state index < -0.39 is 5.41 Å². The van der Waals surface area contributed by atoms with Crippen LogP contribution in [0.25, 0.3) is 5.57 Å². The SMILES string of the molecule is CC1(C)CC(=O)C=C(c2ccc(CO)cc2)C1=O. The zero-order valence-electron chi connectivity index (χ0n) is 10.6. The summed E-state index contributed by atoms with van der Waals surface area (Å²) in [5.41, 5.74) is 1.36. The molecule has 94 valence electrons. The summed E-state index contributed by atoms with van der Waals surface area (Å²) < 4.78 is 0. The Morgan fingerprint density at radius 1 is 1.17 bits per heavy atom. The van der Waals surface area contributed by atoms with Gasteiger partial charge in [0.15, 0.2) is 11.6 Å². The molecular formula is C15H16O3. The van der Waals surface area contributed by atoms with Crippen LogP contribution in [0.4, 0.5) is 0 Å². The van der Waals surface area contributed by atoms with Gasteiger partial charge in [0, 0.05) is 17.4 Å². The summed E-state index contributed by atoms with van der Waals surface area (Å²) >= 11 is 0. The van der Waals surface area contributed by atoms with Crippen LogP contribution >= 0.6 is 0 Å². The molecule has 0 atom stereocenters. The minimum absolute atomic E-state index is 0.00107. The molecule has 3 heteroatoms. The molecule has 1 aliphatic rings. The molecule has 0 aliphatic heterocycles. The van der Waals surface area contributed by atoms with Crippen LogP contribution in [-0.4, -0.2) is 16.7 Å². The summed E-state index contributed by atoms with van der Waals surface area (Å²) in [5, 5.41) is 8.98. The van der Waals surface area contributed by atoms with Crippen molar-refractivity contribution in [3.63, 3.8) is 0 Å². The highest BCUT2D eigenvalue weighted by Gasteiger charge is 2.36. The first-order valence-corrected chi connectivity index (χ1v) is 5.93. The lowest BCUT2D eigenvalue weighted by molar-refractivity contribution is -0.127. The van der Waals surface area contributed by atoms with Gasteiger partial charge in [-0.3, -0.25) is 9.59 Å². The van der Waals surface area contributed by atoms with E-state index in [4.69, 9.17) is 5.11 Å². The van der Waals surface area contributed by atoms with Crippen molar-refractivity contribution in [1.29, 1.82) is 0 Å². The Kier molecular flexibility index (Phi) is 3.18. The molecule has 3 nitrogen and oxygen atoms in total. The Labute approximate surface area is 106 Å². The zero-order valence-corrected chi connectivity index (χ0v) is 10.6. The number of Topliss-reactive ketones (excluding diaryl/α,β-unsaturated/α-hetero) is 1. The molecule has 0 radical (unpaired) electrons. The predicted octanol–water partition coefficient (Wildman–Crippen LogP) is 2.13. The fourth-order valence-corrected chi connectivity index (χ4v) is 2.16. The number of carbonyl (C=O) groups excluding carboxylic acids is 2. The molecule has 1 N–H and O–H groups in total. The number of aliphatic hydroxyl groups is 1. The molecule has 0 unspecified atom stereocenters. The van der Waals surface area contributed by atoms with Crippen LogP contribution in [0, 0.1) is 5.41 Å². The minimum atomic E-state index is -0.628. The Balaban J connectivity index is 2.42. The average molecular weight is 244 g/mol. The molecule has 1 aromatic carbocycles. The van der Waals surface area contributed by atoms with Crippen molar-refractivity contribution in [2.45, 2.75) is 26.9 Å². The Bertz CT molecular complexity index is 521. The van der Waals surface area contributed by atoms with E-state index in [-0.39, 0.29) is 24.6 Å². The number of allylic oxidation sites excluding steroid dienone is 2. The van der Waals surface area contributed by atoms with E-state index in [0.717, 1.165) is 11.1 Å². The molecule has 0 aromatic heterocycles. The van der Waals surface area contributed by atoms with E-state index in [9.17, 15) is 9.59 Å². The molecule has 0 saturated carbocycles. The van der Waals surface area contributed by atoms with Gasteiger partial charge in [0.05, 0.1) is 6.61 Å². The lowest BCUT2D eigenvalue weighted by Gasteiger charge is -2.27. The van der Waals surface area contributed by atoms with Crippen LogP contribution < -0.4 is 0 Å². The molecule has 1 aliphatic carbocycles. The van der Waals surface area contributed by atoms with Gasteiger partial charge >= 0.3 is 0 Å². The molecule has 0 spiro atoms. The summed E-state index contributed by atoms with van der Waals surface area (Å²) in [5.74, 6) is -0.0142. The third-order valence-electron chi connectivity index (χ3n) is 3.23. The number of hydrogen-bond donors (Lipinski definition) is 1. The van der Waals surface area contributed by atoms with Crippen molar-refractivity contribution >= 4 is 17.1 Å². The molecule has 2 rings (SSSR count). The standard InChI is InChI=1S/C15H16O3/c1-15(2)8-12(17)7-13(14(15)18)11-5-3-10(9-16)4-6-11/h3-7,16H,8-9H2,1-2H3. The van der Waals surface area contributed by atoms with E-state index in [1.165, 1.54) is 6.08 Å². The van der Waals surface area contributed by atoms with Gasteiger partial charge in [0.25, 0.3) is 0 Å². The summed E-state index contributed by atoms with van der Waals surface area (Å²) in [6, 6.07) is 7.05. The Morgan fingerprint density at radius 2 is 1.78 bits per heavy atom. The number of rotatable bonds is 2. The van der Waals surface area contributed by atoms with Gasteiger partial charge in [0.2, 0.25) is 0 Å². The third kappa shape index (κ3) is 2.27. The van der Waals surface area contributed by atoms with E-state index in [2.05, 4.69) is 0 Å². The fourth-order valence-electron chi connectivity index (χ4n) is 2.16. The maximum Gasteiger partial charge on any atom is 0.169 e. The van der Waals surface area contributed by atoms with Crippen LogP contribution in [0.5, 0.6) is 0 Å². The van der Waals surface area contributed by atoms with E-state index >= 15 is 0 Å². The molecule has 0 amide bonds. The average Bonchev–Trinajstić information content (AvgIpc) is 2.33. The highest BCUT2D eigenvalue weighted by molar-refractivity contribution is 6.29. The number of carbonyl (C=O) groups is 2. The highest BCUT2D eigenvalue weighted by atomic mass is 16.3.